The number of carbonyl (C=O) groups is 1. The van der Waals surface area contributed by atoms with E-state index in [0.717, 1.165) is 30.7 Å². The summed E-state index contributed by atoms with van der Waals surface area (Å²) < 4.78 is 6.11. The first-order chi connectivity index (χ1) is 8.22. The van der Waals surface area contributed by atoms with E-state index in [0.29, 0.717) is 11.3 Å². The topological polar surface area (TPSA) is 41.6 Å². The molecule has 1 amide bonds. The van der Waals surface area contributed by atoms with Crippen molar-refractivity contribution in [3.8, 4) is 5.75 Å². The summed E-state index contributed by atoms with van der Waals surface area (Å²) in [5.74, 6) is 0.654. The molecule has 1 aliphatic rings. The molecule has 0 aromatic heterocycles. The third kappa shape index (κ3) is 2.79. The van der Waals surface area contributed by atoms with Gasteiger partial charge in [0.2, 0.25) is 0 Å². The van der Waals surface area contributed by atoms with Gasteiger partial charge in [0.15, 0.2) is 0 Å². The van der Waals surface area contributed by atoms with Gasteiger partial charge in [0.05, 0.1) is 12.7 Å². The third-order valence-electron chi connectivity index (χ3n) is 2.80. The van der Waals surface area contributed by atoms with Crippen molar-refractivity contribution in [1.29, 1.82) is 0 Å². The Kier molecular flexibility index (Phi) is 4.02. The molecule has 0 bridgehead atoms. The molecular weight excluding hydrogens is 284 g/mol. The normalized spacial score (nSPS) is 15.8. The molecule has 0 radical (unpaired) electrons. The van der Waals surface area contributed by atoms with Gasteiger partial charge >= 0.3 is 0 Å². The largest absolute Gasteiger partial charge is 0.496 e. The molecule has 92 valence electrons. The average Bonchev–Trinajstić information content (AvgIpc) is 2.39. The van der Waals surface area contributed by atoms with E-state index in [1.54, 1.807) is 13.2 Å². The quantitative estimate of drug-likeness (QED) is 0.900. The van der Waals surface area contributed by atoms with Gasteiger partial charge in [0, 0.05) is 30.7 Å². The summed E-state index contributed by atoms with van der Waals surface area (Å²) in [5.41, 5.74) is 0.615. The highest BCUT2D eigenvalue weighted by Gasteiger charge is 2.21. The lowest BCUT2D eigenvalue weighted by molar-refractivity contribution is 0.0732. The molecule has 2 rings (SSSR count). The number of amides is 1. The number of rotatable bonds is 2. The van der Waals surface area contributed by atoms with E-state index in [1.807, 2.05) is 17.0 Å². The van der Waals surface area contributed by atoms with E-state index >= 15 is 0 Å². The minimum Gasteiger partial charge on any atom is -0.496 e. The lowest BCUT2D eigenvalue weighted by atomic mass is 10.1. The Labute approximate surface area is 109 Å². The van der Waals surface area contributed by atoms with Crippen molar-refractivity contribution in [2.75, 3.05) is 33.3 Å². The maximum atomic E-state index is 12.3. The molecule has 0 spiro atoms. The van der Waals surface area contributed by atoms with Crippen LogP contribution in [0.25, 0.3) is 0 Å². The van der Waals surface area contributed by atoms with Crippen LogP contribution in [0.3, 0.4) is 0 Å². The summed E-state index contributed by atoms with van der Waals surface area (Å²) in [7, 11) is 1.58. The standard InChI is InChI=1S/C12H15BrN2O2/c1-17-11-3-2-9(13)8-10(11)12(16)15-6-4-14-5-7-15/h2-3,8,14H,4-7H2,1H3. The predicted octanol–water partition coefficient (Wildman–Crippen LogP) is 1.50. The number of hydrogen-bond acceptors (Lipinski definition) is 3. The van der Waals surface area contributed by atoms with E-state index in [9.17, 15) is 4.79 Å². The van der Waals surface area contributed by atoms with Crippen LogP contribution in [0.2, 0.25) is 0 Å². The Morgan fingerprint density at radius 2 is 2.12 bits per heavy atom. The number of piperazine rings is 1. The van der Waals surface area contributed by atoms with Crippen LogP contribution in [0, 0.1) is 0 Å². The van der Waals surface area contributed by atoms with Gasteiger partial charge in [-0.25, -0.2) is 0 Å². The number of methoxy groups -OCH3 is 1. The zero-order chi connectivity index (χ0) is 12.3. The van der Waals surface area contributed by atoms with Crippen LogP contribution in [0.4, 0.5) is 0 Å². The number of benzene rings is 1. The minimum absolute atomic E-state index is 0.0321. The molecule has 1 N–H and O–H groups in total. The van der Waals surface area contributed by atoms with Crippen molar-refractivity contribution in [3.63, 3.8) is 0 Å². The SMILES string of the molecule is COc1ccc(Br)cc1C(=O)N1CCNCC1. The molecule has 1 heterocycles. The first-order valence-electron chi connectivity index (χ1n) is 5.56. The summed E-state index contributed by atoms with van der Waals surface area (Å²) >= 11 is 3.38. The number of ether oxygens (including phenoxy) is 1. The van der Waals surface area contributed by atoms with Gasteiger partial charge in [-0.1, -0.05) is 15.9 Å². The van der Waals surface area contributed by atoms with E-state index in [1.165, 1.54) is 0 Å². The van der Waals surface area contributed by atoms with Gasteiger partial charge in [-0.15, -0.1) is 0 Å². The van der Waals surface area contributed by atoms with Crippen molar-refractivity contribution in [2.45, 2.75) is 0 Å². The van der Waals surface area contributed by atoms with Gasteiger partial charge in [-0.05, 0) is 18.2 Å². The molecule has 17 heavy (non-hydrogen) atoms. The fraction of sp³-hybridized carbons (Fsp3) is 0.417. The molecule has 4 nitrogen and oxygen atoms in total. The molecule has 1 fully saturated rings. The highest BCUT2D eigenvalue weighted by atomic mass is 79.9. The van der Waals surface area contributed by atoms with Crippen LogP contribution in [0.1, 0.15) is 10.4 Å². The fourth-order valence-corrected chi connectivity index (χ4v) is 2.25. The number of carbonyl (C=O) groups excluding carboxylic acids is 1. The summed E-state index contributed by atoms with van der Waals surface area (Å²) in [6, 6.07) is 5.48. The second-order valence-corrected chi connectivity index (χ2v) is 4.80. The van der Waals surface area contributed by atoms with Crippen LogP contribution in [0.5, 0.6) is 5.75 Å². The van der Waals surface area contributed by atoms with Crippen LogP contribution >= 0.6 is 15.9 Å². The molecule has 1 saturated heterocycles. The molecule has 0 atom stereocenters. The Bertz CT molecular complexity index is 417. The monoisotopic (exact) mass is 298 g/mol. The molecule has 5 heteroatoms. The first-order valence-corrected chi connectivity index (χ1v) is 6.35. The molecule has 1 aromatic rings. The third-order valence-corrected chi connectivity index (χ3v) is 3.29. The summed E-state index contributed by atoms with van der Waals surface area (Å²) in [6.07, 6.45) is 0. The second-order valence-electron chi connectivity index (χ2n) is 3.89. The highest BCUT2D eigenvalue weighted by Crippen LogP contribution is 2.24. The zero-order valence-corrected chi connectivity index (χ0v) is 11.3. The van der Waals surface area contributed by atoms with Crippen molar-refractivity contribution in [2.24, 2.45) is 0 Å². The highest BCUT2D eigenvalue weighted by molar-refractivity contribution is 9.10. The first kappa shape index (κ1) is 12.4. The number of nitrogens with one attached hydrogen (secondary N) is 1. The molecule has 0 aliphatic carbocycles. The van der Waals surface area contributed by atoms with E-state index in [4.69, 9.17) is 4.74 Å². The molecule has 1 aromatic carbocycles. The number of nitrogens with zero attached hydrogens (tertiary/aromatic N) is 1. The zero-order valence-electron chi connectivity index (χ0n) is 9.70. The number of hydrogen-bond donors (Lipinski definition) is 1. The lowest BCUT2D eigenvalue weighted by Crippen LogP contribution is -2.46. The van der Waals surface area contributed by atoms with Crippen molar-refractivity contribution >= 4 is 21.8 Å². The second kappa shape index (κ2) is 5.51. The van der Waals surface area contributed by atoms with Gasteiger partial charge in [0.25, 0.3) is 5.91 Å². The van der Waals surface area contributed by atoms with Gasteiger partial charge in [-0.2, -0.15) is 0 Å². The minimum atomic E-state index is 0.0321. The maximum Gasteiger partial charge on any atom is 0.257 e. The Balaban J connectivity index is 2.25. The smallest absolute Gasteiger partial charge is 0.257 e. The molecule has 1 aliphatic heterocycles. The average molecular weight is 299 g/mol. The Hall–Kier alpha value is -1.07. The van der Waals surface area contributed by atoms with Crippen LogP contribution < -0.4 is 10.1 Å². The van der Waals surface area contributed by atoms with Crippen LogP contribution in [-0.2, 0) is 0 Å². The fourth-order valence-electron chi connectivity index (χ4n) is 1.89. The van der Waals surface area contributed by atoms with E-state index in [-0.39, 0.29) is 5.91 Å². The number of halogens is 1. The molecule has 0 saturated carbocycles. The predicted molar refractivity (Wildman–Crippen MR) is 69.5 cm³/mol. The van der Waals surface area contributed by atoms with E-state index in [2.05, 4.69) is 21.2 Å². The summed E-state index contributed by atoms with van der Waals surface area (Å²) in [4.78, 5) is 14.2. The van der Waals surface area contributed by atoms with Gasteiger partial charge in [0.1, 0.15) is 5.75 Å². The summed E-state index contributed by atoms with van der Waals surface area (Å²) in [6.45, 7) is 3.19. The summed E-state index contributed by atoms with van der Waals surface area (Å²) in [5, 5.41) is 3.23. The van der Waals surface area contributed by atoms with Crippen molar-refractivity contribution in [1.82, 2.24) is 10.2 Å². The van der Waals surface area contributed by atoms with Gasteiger partial charge in [-0.3, -0.25) is 4.79 Å². The lowest BCUT2D eigenvalue weighted by Gasteiger charge is -2.28. The van der Waals surface area contributed by atoms with Gasteiger partial charge < -0.3 is 15.0 Å². The maximum absolute atomic E-state index is 12.3. The van der Waals surface area contributed by atoms with Crippen molar-refractivity contribution in [3.05, 3.63) is 28.2 Å². The Morgan fingerprint density at radius 3 is 2.76 bits per heavy atom. The molecule has 0 unspecified atom stereocenters. The Morgan fingerprint density at radius 1 is 1.41 bits per heavy atom. The molecular formula is C12H15BrN2O2. The van der Waals surface area contributed by atoms with Crippen LogP contribution in [-0.4, -0.2) is 44.1 Å². The van der Waals surface area contributed by atoms with E-state index < -0.39 is 0 Å². The van der Waals surface area contributed by atoms with Crippen LogP contribution in [0.15, 0.2) is 22.7 Å². The van der Waals surface area contributed by atoms with Crippen molar-refractivity contribution < 1.29 is 9.53 Å².